The number of nitrogens with zero attached hydrogens (tertiary/aromatic N) is 1. The van der Waals surface area contributed by atoms with Crippen LogP contribution in [0.25, 0.3) is 0 Å². The van der Waals surface area contributed by atoms with Crippen molar-refractivity contribution < 1.29 is 9.59 Å². The van der Waals surface area contributed by atoms with Crippen molar-refractivity contribution in [3.8, 4) is 6.07 Å². The van der Waals surface area contributed by atoms with Crippen molar-refractivity contribution in [2.45, 2.75) is 38.5 Å². The lowest BCUT2D eigenvalue weighted by Gasteiger charge is -2.31. The minimum Gasteiger partial charge on any atom is -0.299 e. The third kappa shape index (κ3) is 1.18. The van der Waals surface area contributed by atoms with Gasteiger partial charge in [-0.1, -0.05) is 0 Å². The lowest BCUT2D eigenvalue weighted by Crippen LogP contribution is -2.36. The quantitative estimate of drug-likeness (QED) is 0.546. The molecule has 2 aliphatic rings. The molecule has 2 saturated carbocycles. The van der Waals surface area contributed by atoms with Crippen molar-refractivity contribution in [3.05, 3.63) is 0 Å². The zero-order valence-corrected chi connectivity index (χ0v) is 8.08. The molecule has 3 nitrogen and oxygen atoms in total. The molecule has 0 saturated heterocycles. The number of carbonyl (C=O) groups is 2. The molecular formula is C11H13NO2. The number of nitriles is 1. The van der Waals surface area contributed by atoms with E-state index in [1.165, 1.54) is 0 Å². The molecule has 0 unspecified atom stereocenters. The number of Topliss-reactive ketones (excluding diaryl/α,β-unsaturated/α-hetero) is 2. The zero-order valence-electron chi connectivity index (χ0n) is 8.08. The van der Waals surface area contributed by atoms with E-state index in [1.807, 2.05) is 0 Å². The van der Waals surface area contributed by atoms with Gasteiger partial charge in [0.2, 0.25) is 0 Å². The van der Waals surface area contributed by atoms with Gasteiger partial charge in [-0.25, -0.2) is 0 Å². The summed E-state index contributed by atoms with van der Waals surface area (Å²) in [6.07, 6.45) is 3.51. The second-order valence-electron chi connectivity index (χ2n) is 4.33. The maximum Gasteiger partial charge on any atom is 0.146 e. The fourth-order valence-electron chi connectivity index (χ4n) is 2.66. The molecule has 0 aliphatic heterocycles. The fraction of sp³-hybridized carbons (Fsp3) is 0.727. The van der Waals surface area contributed by atoms with E-state index in [0.717, 1.165) is 0 Å². The summed E-state index contributed by atoms with van der Waals surface area (Å²) in [7, 11) is 0. The van der Waals surface area contributed by atoms with Gasteiger partial charge in [-0.2, -0.15) is 5.26 Å². The number of hydrogen-bond acceptors (Lipinski definition) is 3. The summed E-state index contributed by atoms with van der Waals surface area (Å²) in [5, 5.41) is 8.73. The third-order valence-corrected chi connectivity index (χ3v) is 3.67. The van der Waals surface area contributed by atoms with Crippen LogP contribution in [0.15, 0.2) is 0 Å². The van der Waals surface area contributed by atoms with Crippen molar-refractivity contribution in [2.75, 3.05) is 0 Å². The smallest absolute Gasteiger partial charge is 0.146 e. The first-order chi connectivity index (χ1) is 6.69. The molecule has 2 aliphatic carbocycles. The molecule has 0 aromatic carbocycles. The highest BCUT2D eigenvalue weighted by Crippen LogP contribution is 2.45. The standard InChI is InChI=1S/C11H13NO2/c12-7-8-3-5-11(6-4-8)9(13)1-2-10(11)14/h8H,1-6H2. The van der Waals surface area contributed by atoms with Crippen molar-refractivity contribution in [2.24, 2.45) is 11.3 Å². The minimum absolute atomic E-state index is 0.0572. The average Bonchev–Trinajstić information content (AvgIpc) is 2.49. The number of ketones is 2. The molecule has 0 N–H and O–H groups in total. The van der Waals surface area contributed by atoms with Gasteiger partial charge in [-0.05, 0) is 25.7 Å². The van der Waals surface area contributed by atoms with Gasteiger partial charge in [0.15, 0.2) is 0 Å². The van der Waals surface area contributed by atoms with Crippen molar-refractivity contribution in [1.82, 2.24) is 0 Å². The summed E-state index contributed by atoms with van der Waals surface area (Å²) in [6, 6.07) is 2.22. The Labute approximate surface area is 83.1 Å². The predicted molar refractivity (Wildman–Crippen MR) is 49.3 cm³/mol. The van der Waals surface area contributed by atoms with Crippen LogP contribution >= 0.6 is 0 Å². The molecule has 0 radical (unpaired) electrons. The third-order valence-electron chi connectivity index (χ3n) is 3.67. The molecule has 0 aromatic rings. The van der Waals surface area contributed by atoms with Crippen LogP contribution < -0.4 is 0 Å². The van der Waals surface area contributed by atoms with E-state index >= 15 is 0 Å². The highest BCUT2D eigenvalue weighted by atomic mass is 16.2. The first kappa shape index (κ1) is 9.39. The summed E-state index contributed by atoms with van der Waals surface area (Å²) in [5.74, 6) is 0.305. The van der Waals surface area contributed by atoms with E-state index in [-0.39, 0.29) is 17.5 Å². The van der Waals surface area contributed by atoms with Crippen molar-refractivity contribution in [1.29, 1.82) is 5.26 Å². The van der Waals surface area contributed by atoms with Gasteiger partial charge in [0.1, 0.15) is 11.6 Å². The monoisotopic (exact) mass is 191 g/mol. The van der Waals surface area contributed by atoms with Crippen LogP contribution in [0.4, 0.5) is 0 Å². The lowest BCUT2D eigenvalue weighted by molar-refractivity contribution is -0.137. The Kier molecular flexibility index (Phi) is 2.14. The van der Waals surface area contributed by atoms with Crippen LogP contribution in [-0.2, 0) is 9.59 Å². The van der Waals surface area contributed by atoms with Crippen LogP contribution in [0.1, 0.15) is 38.5 Å². The molecule has 2 fully saturated rings. The van der Waals surface area contributed by atoms with E-state index in [9.17, 15) is 9.59 Å². The van der Waals surface area contributed by atoms with Gasteiger partial charge >= 0.3 is 0 Å². The molecular weight excluding hydrogens is 178 g/mol. The number of carbonyl (C=O) groups excluding carboxylic acids is 2. The van der Waals surface area contributed by atoms with Gasteiger partial charge in [-0.3, -0.25) is 9.59 Å². The Hall–Kier alpha value is -1.17. The highest BCUT2D eigenvalue weighted by molar-refractivity contribution is 6.12. The van der Waals surface area contributed by atoms with E-state index in [0.29, 0.717) is 38.5 Å². The largest absolute Gasteiger partial charge is 0.299 e. The van der Waals surface area contributed by atoms with E-state index in [1.54, 1.807) is 0 Å². The van der Waals surface area contributed by atoms with Gasteiger partial charge in [0, 0.05) is 18.8 Å². The molecule has 1 spiro atoms. The highest BCUT2D eigenvalue weighted by Gasteiger charge is 2.50. The maximum absolute atomic E-state index is 11.7. The Morgan fingerprint density at radius 1 is 1.14 bits per heavy atom. The zero-order chi connectivity index (χ0) is 10.2. The molecule has 0 bridgehead atoms. The van der Waals surface area contributed by atoms with Crippen molar-refractivity contribution in [3.63, 3.8) is 0 Å². The van der Waals surface area contributed by atoms with E-state index in [2.05, 4.69) is 6.07 Å². The minimum atomic E-state index is -0.659. The van der Waals surface area contributed by atoms with Crippen LogP contribution in [0.3, 0.4) is 0 Å². The maximum atomic E-state index is 11.7. The van der Waals surface area contributed by atoms with E-state index < -0.39 is 5.41 Å². The molecule has 0 aromatic heterocycles. The Balaban J connectivity index is 2.16. The van der Waals surface area contributed by atoms with Gasteiger partial charge in [-0.15, -0.1) is 0 Å². The lowest BCUT2D eigenvalue weighted by atomic mass is 9.68. The summed E-state index contributed by atoms with van der Waals surface area (Å²) in [6.45, 7) is 0. The number of hydrogen-bond donors (Lipinski definition) is 0. The number of rotatable bonds is 0. The van der Waals surface area contributed by atoms with Crippen LogP contribution in [0.5, 0.6) is 0 Å². The summed E-state index contributed by atoms with van der Waals surface area (Å²) >= 11 is 0. The summed E-state index contributed by atoms with van der Waals surface area (Å²) < 4.78 is 0. The van der Waals surface area contributed by atoms with Crippen LogP contribution in [0, 0.1) is 22.7 Å². The first-order valence-corrected chi connectivity index (χ1v) is 5.15. The average molecular weight is 191 g/mol. The van der Waals surface area contributed by atoms with Gasteiger partial charge in [0.25, 0.3) is 0 Å². The fourth-order valence-corrected chi connectivity index (χ4v) is 2.66. The molecule has 3 heteroatoms. The second-order valence-corrected chi connectivity index (χ2v) is 4.33. The Bertz CT molecular complexity index is 301. The van der Waals surface area contributed by atoms with Crippen LogP contribution in [0.2, 0.25) is 0 Å². The summed E-state index contributed by atoms with van der Waals surface area (Å²) in [5.41, 5.74) is -0.659. The Morgan fingerprint density at radius 2 is 1.64 bits per heavy atom. The SMILES string of the molecule is N#CC1CCC2(CC1)C(=O)CCC2=O. The predicted octanol–water partition coefficient (Wildman–Crippen LogP) is 1.62. The van der Waals surface area contributed by atoms with E-state index in [4.69, 9.17) is 5.26 Å². The second kappa shape index (κ2) is 3.20. The van der Waals surface area contributed by atoms with Gasteiger partial charge < -0.3 is 0 Å². The molecule has 0 atom stereocenters. The molecule has 2 rings (SSSR count). The first-order valence-electron chi connectivity index (χ1n) is 5.15. The Morgan fingerprint density at radius 3 is 2.07 bits per heavy atom. The van der Waals surface area contributed by atoms with Gasteiger partial charge in [0.05, 0.1) is 11.5 Å². The molecule has 0 heterocycles. The summed E-state index contributed by atoms with van der Waals surface area (Å²) in [4.78, 5) is 23.3. The molecule has 14 heavy (non-hydrogen) atoms. The molecule has 0 amide bonds. The molecule has 74 valence electrons. The van der Waals surface area contributed by atoms with Crippen LogP contribution in [-0.4, -0.2) is 11.6 Å². The normalized spacial score (nSPS) is 26.8. The van der Waals surface area contributed by atoms with Crippen molar-refractivity contribution >= 4 is 11.6 Å². The topological polar surface area (TPSA) is 57.9 Å².